The minimum absolute atomic E-state index is 0.0603. The predicted octanol–water partition coefficient (Wildman–Crippen LogP) is 3.42. The minimum Gasteiger partial charge on any atom is -0.448 e. The van der Waals surface area contributed by atoms with E-state index < -0.39 is 18.2 Å². The van der Waals surface area contributed by atoms with Crippen molar-refractivity contribution in [3.63, 3.8) is 0 Å². The van der Waals surface area contributed by atoms with E-state index in [1.54, 1.807) is 27.7 Å². The van der Waals surface area contributed by atoms with E-state index in [4.69, 9.17) is 4.74 Å². The van der Waals surface area contributed by atoms with Gasteiger partial charge in [-0.05, 0) is 63.6 Å². The van der Waals surface area contributed by atoms with E-state index in [0.29, 0.717) is 11.1 Å². The number of fused-ring (bicyclic) bond motifs is 1. The third-order valence-corrected chi connectivity index (χ3v) is 5.46. The Labute approximate surface area is 165 Å². The Balaban J connectivity index is 1.67. The number of amides is 1. The number of H-pyrrole nitrogens is 1. The number of carbonyl (C=O) groups excluding carboxylic acids is 2. The van der Waals surface area contributed by atoms with E-state index in [1.807, 2.05) is 18.2 Å². The highest BCUT2D eigenvalue weighted by molar-refractivity contribution is 5.92. The molecule has 1 aromatic carbocycles. The molecular weight excluding hydrogens is 356 g/mol. The van der Waals surface area contributed by atoms with Crippen molar-refractivity contribution in [3.8, 4) is 0 Å². The Bertz CT molecular complexity index is 885. The van der Waals surface area contributed by atoms with E-state index in [-0.39, 0.29) is 17.6 Å². The Hall–Kier alpha value is -2.60. The van der Waals surface area contributed by atoms with Crippen LogP contribution in [0, 0.1) is 13.8 Å². The molecule has 0 spiro atoms. The molecule has 3 atom stereocenters. The first-order valence-electron chi connectivity index (χ1n) is 9.75. The number of benzene rings is 1. The van der Waals surface area contributed by atoms with E-state index >= 15 is 0 Å². The second-order valence-corrected chi connectivity index (χ2v) is 7.54. The molecule has 2 aromatic rings. The lowest BCUT2D eigenvalue weighted by Crippen LogP contribution is -2.39. The third kappa shape index (κ3) is 3.97. The van der Waals surface area contributed by atoms with Gasteiger partial charge in [0.1, 0.15) is 5.69 Å². The standard InChI is InChI=1S/C22H28N2O4/c1-12-19(14(3)25)13(2)23-20(12)22(27)28-15(4)21(26)24-18-11-7-9-16-8-5-6-10-17(16)18/h5-6,8,10,14-15,18,23,25H,7,9,11H2,1-4H3,(H,24,26)/t14-,15+,18-/m1/s1. The number of rotatable bonds is 5. The highest BCUT2D eigenvalue weighted by Gasteiger charge is 2.27. The minimum atomic E-state index is -0.917. The van der Waals surface area contributed by atoms with Gasteiger partial charge >= 0.3 is 5.97 Å². The lowest BCUT2D eigenvalue weighted by molar-refractivity contribution is -0.130. The van der Waals surface area contributed by atoms with Crippen LogP contribution in [-0.4, -0.2) is 28.1 Å². The molecule has 0 radical (unpaired) electrons. The molecular formula is C22H28N2O4. The van der Waals surface area contributed by atoms with Crippen molar-refractivity contribution in [1.29, 1.82) is 0 Å². The van der Waals surface area contributed by atoms with Crippen LogP contribution in [-0.2, 0) is 16.0 Å². The molecule has 0 unspecified atom stereocenters. The summed E-state index contributed by atoms with van der Waals surface area (Å²) in [5.74, 6) is -0.911. The van der Waals surface area contributed by atoms with Gasteiger partial charge in [0.15, 0.2) is 6.10 Å². The zero-order chi connectivity index (χ0) is 20.4. The average molecular weight is 384 g/mol. The summed E-state index contributed by atoms with van der Waals surface area (Å²) in [6.45, 7) is 6.77. The van der Waals surface area contributed by atoms with Crippen LogP contribution >= 0.6 is 0 Å². The van der Waals surface area contributed by atoms with Crippen LogP contribution in [0.15, 0.2) is 24.3 Å². The van der Waals surface area contributed by atoms with E-state index in [2.05, 4.69) is 16.4 Å². The number of aliphatic hydroxyl groups is 1. The monoisotopic (exact) mass is 384 g/mol. The fraction of sp³-hybridized carbons (Fsp3) is 0.455. The number of esters is 1. The van der Waals surface area contributed by atoms with Crippen molar-refractivity contribution in [2.45, 2.75) is 65.2 Å². The second-order valence-electron chi connectivity index (χ2n) is 7.54. The molecule has 1 amide bonds. The van der Waals surface area contributed by atoms with Crippen molar-refractivity contribution < 1.29 is 19.4 Å². The fourth-order valence-corrected chi connectivity index (χ4v) is 4.06. The third-order valence-electron chi connectivity index (χ3n) is 5.46. The Morgan fingerprint density at radius 3 is 2.64 bits per heavy atom. The molecule has 0 fully saturated rings. The molecule has 0 saturated heterocycles. The van der Waals surface area contributed by atoms with Gasteiger partial charge in [0, 0.05) is 11.3 Å². The summed E-state index contributed by atoms with van der Waals surface area (Å²) in [4.78, 5) is 28.1. The van der Waals surface area contributed by atoms with Crippen LogP contribution in [0.4, 0.5) is 0 Å². The maximum atomic E-state index is 12.6. The number of carbonyl (C=O) groups is 2. The first-order valence-corrected chi connectivity index (χ1v) is 9.75. The van der Waals surface area contributed by atoms with Gasteiger partial charge in [-0.2, -0.15) is 0 Å². The maximum absolute atomic E-state index is 12.6. The summed E-state index contributed by atoms with van der Waals surface area (Å²) in [6.07, 6.45) is 1.30. The molecule has 0 bridgehead atoms. The average Bonchev–Trinajstić information content (AvgIpc) is 2.96. The molecule has 6 heteroatoms. The molecule has 0 saturated carbocycles. The quantitative estimate of drug-likeness (QED) is 0.689. The molecule has 0 aliphatic heterocycles. The van der Waals surface area contributed by atoms with Crippen molar-refractivity contribution in [1.82, 2.24) is 10.3 Å². The number of aliphatic hydroxyl groups excluding tert-OH is 1. The summed E-state index contributed by atoms with van der Waals surface area (Å²) in [5, 5.41) is 12.9. The van der Waals surface area contributed by atoms with E-state index in [1.165, 1.54) is 5.56 Å². The Morgan fingerprint density at radius 1 is 1.25 bits per heavy atom. The lowest BCUT2D eigenvalue weighted by atomic mass is 9.87. The lowest BCUT2D eigenvalue weighted by Gasteiger charge is -2.27. The molecule has 3 rings (SSSR count). The highest BCUT2D eigenvalue weighted by Crippen LogP contribution is 2.29. The molecule has 6 nitrogen and oxygen atoms in total. The van der Waals surface area contributed by atoms with Gasteiger partial charge in [-0.3, -0.25) is 4.79 Å². The fourth-order valence-electron chi connectivity index (χ4n) is 4.06. The number of aryl methyl sites for hydroxylation is 2. The van der Waals surface area contributed by atoms with Gasteiger partial charge in [0.05, 0.1) is 12.1 Å². The largest absolute Gasteiger partial charge is 0.448 e. The smallest absolute Gasteiger partial charge is 0.355 e. The van der Waals surface area contributed by atoms with Crippen LogP contribution < -0.4 is 5.32 Å². The molecule has 150 valence electrons. The van der Waals surface area contributed by atoms with Gasteiger partial charge in [-0.25, -0.2) is 4.79 Å². The summed E-state index contributed by atoms with van der Waals surface area (Å²) >= 11 is 0. The number of nitrogens with one attached hydrogen (secondary N) is 2. The summed E-state index contributed by atoms with van der Waals surface area (Å²) in [5.41, 5.74) is 4.71. The van der Waals surface area contributed by atoms with Gasteiger partial charge in [-0.1, -0.05) is 24.3 Å². The van der Waals surface area contributed by atoms with Crippen LogP contribution in [0.2, 0.25) is 0 Å². The van der Waals surface area contributed by atoms with Crippen molar-refractivity contribution >= 4 is 11.9 Å². The zero-order valence-electron chi connectivity index (χ0n) is 16.8. The van der Waals surface area contributed by atoms with E-state index in [0.717, 1.165) is 30.5 Å². The first kappa shape index (κ1) is 20.1. The molecule has 1 heterocycles. The number of aromatic nitrogens is 1. The number of hydrogen-bond donors (Lipinski definition) is 3. The van der Waals surface area contributed by atoms with Gasteiger partial charge in [-0.15, -0.1) is 0 Å². The number of hydrogen-bond acceptors (Lipinski definition) is 4. The predicted molar refractivity (Wildman–Crippen MR) is 106 cm³/mol. The first-order chi connectivity index (χ1) is 13.3. The molecule has 1 aliphatic rings. The van der Waals surface area contributed by atoms with Crippen molar-refractivity contribution in [2.24, 2.45) is 0 Å². The molecule has 1 aromatic heterocycles. The Kier molecular flexibility index (Phi) is 5.89. The number of aromatic amines is 1. The van der Waals surface area contributed by atoms with E-state index in [9.17, 15) is 14.7 Å². The normalized spacial score (nSPS) is 18.1. The van der Waals surface area contributed by atoms with Gasteiger partial charge in [0.2, 0.25) is 0 Å². The molecule has 1 aliphatic carbocycles. The van der Waals surface area contributed by atoms with Crippen LogP contribution in [0.1, 0.15) is 77.3 Å². The summed E-state index contributed by atoms with van der Waals surface area (Å²) < 4.78 is 5.39. The summed E-state index contributed by atoms with van der Waals surface area (Å²) in [7, 11) is 0. The van der Waals surface area contributed by atoms with Gasteiger partial charge < -0.3 is 20.1 Å². The van der Waals surface area contributed by atoms with Crippen molar-refractivity contribution in [2.75, 3.05) is 0 Å². The highest BCUT2D eigenvalue weighted by atomic mass is 16.5. The van der Waals surface area contributed by atoms with Gasteiger partial charge in [0.25, 0.3) is 5.91 Å². The topological polar surface area (TPSA) is 91.4 Å². The van der Waals surface area contributed by atoms with Crippen LogP contribution in [0.5, 0.6) is 0 Å². The summed E-state index contributed by atoms with van der Waals surface area (Å²) in [6, 6.07) is 8.06. The van der Waals surface area contributed by atoms with Crippen molar-refractivity contribution in [3.05, 3.63) is 57.9 Å². The zero-order valence-corrected chi connectivity index (χ0v) is 16.8. The second kappa shape index (κ2) is 8.19. The molecule has 28 heavy (non-hydrogen) atoms. The number of ether oxygens (including phenoxy) is 1. The Morgan fingerprint density at radius 2 is 1.96 bits per heavy atom. The SMILES string of the molecule is Cc1[nH]c(C(=O)O[C@@H](C)C(=O)N[C@@H]2CCCc3ccccc32)c(C)c1[C@@H](C)O. The van der Waals surface area contributed by atoms with Crippen LogP contribution in [0.25, 0.3) is 0 Å². The maximum Gasteiger partial charge on any atom is 0.355 e. The van der Waals surface area contributed by atoms with Crippen LogP contribution in [0.3, 0.4) is 0 Å². The molecule has 3 N–H and O–H groups in total.